The van der Waals surface area contributed by atoms with Crippen molar-refractivity contribution in [2.75, 3.05) is 6.61 Å². The summed E-state index contributed by atoms with van der Waals surface area (Å²) in [5, 5.41) is 46.0. The fraction of sp³-hybridized carbons (Fsp3) is 0.917. The van der Waals surface area contributed by atoms with Gasteiger partial charge in [-0.3, -0.25) is 9.59 Å². The maximum Gasteiger partial charge on any atom is 0.310 e. The predicted octanol–water partition coefficient (Wildman–Crippen LogP) is 9.10. The van der Waals surface area contributed by atoms with Crippen LogP contribution < -0.4 is 5.32 Å². The predicted molar refractivity (Wildman–Crippen MR) is 223 cm³/mol. The SMILES string of the molecule is CCCCCCCCCCCC(=O)N[C@H]1[C@H](O[C@H]2CC[C@]3(C)[C@H]4CC=C5[C@@H]6CC(C)(C)CC[C@]6(C(=O)O)CC[C@@]5(C)[C@]4(C)CC[C@H]3C2(C)C)O[C@H](CO)[C@@H](O)[C@@H]1O. The Balaban J connectivity index is 1.16. The van der Waals surface area contributed by atoms with Gasteiger partial charge in [0.2, 0.25) is 5.91 Å². The molecule has 0 radical (unpaired) electrons. The van der Waals surface area contributed by atoms with E-state index in [9.17, 15) is 30.0 Å². The summed E-state index contributed by atoms with van der Waals surface area (Å²) in [6.45, 7) is 18.6. The Morgan fingerprint density at radius 3 is 2.12 bits per heavy atom. The van der Waals surface area contributed by atoms with Gasteiger partial charge in [-0.15, -0.1) is 0 Å². The standard InChI is InChI=1S/C48H81NO8/c1-9-10-11-12-13-14-15-16-17-18-37(51)49-38-40(53)39(52)33(30-50)56-41(38)57-36-22-23-45(6)34(44(36,4)5)21-24-47(8)35(45)20-19-31-32-29-43(2,3)25-27-48(32,42(54)55)28-26-46(31,47)7/h19,32-36,38-41,50,52-53H,9-18,20-30H2,1-8H3,(H,49,51)(H,54,55)/t32-,33+,34-,35+,36-,38+,39+,40+,41-,45-,46+,47+,48-/m0/s1. The van der Waals surface area contributed by atoms with Crippen LogP contribution in [0.5, 0.6) is 0 Å². The molecule has 1 amide bonds. The molecule has 0 spiro atoms. The van der Waals surface area contributed by atoms with Crippen LogP contribution in [0.4, 0.5) is 0 Å². The van der Waals surface area contributed by atoms with Gasteiger partial charge in [-0.05, 0) is 115 Å². The van der Waals surface area contributed by atoms with Crippen molar-refractivity contribution in [1.82, 2.24) is 5.32 Å². The number of hydrogen-bond acceptors (Lipinski definition) is 7. The number of allylic oxidation sites excluding steroid dienone is 2. The lowest BCUT2D eigenvalue weighted by atomic mass is 9.33. The van der Waals surface area contributed by atoms with Gasteiger partial charge in [0.05, 0.1) is 18.1 Å². The van der Waals surface area contributed by atoms with Crippen LogP contribution in [0.2, 0.25) is 0 Å². The minimum Gasteiger partial charge on any atom is -0.481 e. The van der Waals surface area contributed by atoms with E-state index in [-0.39, 0.29) is 45.0 Å². The number of aliphatic carboxylic acids is 1. The van der Waals surface area contributed by atoms with Crippen LogP contribution in [0.25, 0.3) is 0 Å². The van der Waals surface area contributed by atoms with Gasteiger partial charge in [0.1, 0.15) is 24.4 Å². The van der Waals surface area contributed by atoms with Gasteiger partial charge in [-0.25, -0.2) is 0 Å². The first-order valence-corrected chi connectivity index (χ1v) is 23.3. The Morgan fingerprint density at radius 1 is 0.825 bits per heavy atom. The number of nitrogens with one attached hydrogen (secondary N) is 1. The quantitative estimate of drug-likeness (QED) is 0.0627. The first-order valence-electron chi connectivity index (χ1n) is 23.3. The molecule has 1 saturated heterocycles. The molecule has 6 rings (SSSR count). The molecule has 4 saturated carbocycles. The fourth-order valence-corrected chi connectivity index (χ4v) is 14.2. The topological polar surface area (TPSA) is 146 Å². The van der Waals surface area contributed by atoms with E-state index < -0.39 is 48.6 Å². The zero-order valence-electron chi connectivity index (χ0n) is 37.0. The number of fused-ring (bicyclic) bond motifs is 7. The minimum absolute atomic E-state index is 0.0362. The molecular formula is C48H81NO8. The molecule has 1 aliphatic heterocycles. The molecule has 0 aromatic carbocycles. The van der Waals surface area contributed by atoms with Crippen molar-refractivity contribution in [1.29, 1.82) is 0 Å². The highest BCUT2D eigenvalue weighted by molar-refractivity contribution is 5.77. The van der Waals surface area contributed by atoms with E-state index in [1.54, 1.807) is 0 Å². The number of carboxylic acids is 1. The van der Waals surface area contributed by atoms with Gasteiger partial charge in [0, 0.05) is 6.42 Å². The average molecular weight is 800 g/mol. The van der Waals surface area contributed by atoms with Crippen molar-refractivity contribution < 1.29 is 39.5 Å². The molecule has 0 unspecified atom stereocenters. The fourth-order valence-electron chi connectivity index (χ4n) is 14.2. The second kappa shape index (κ2) is 17.1. The molecule has 0 aromatic rings. The molecule has 57 heavy (non-hydrogen) atoms. The molecule has 0 aromatic heterocycles. The smallest absolute Gasteiger partial charge is 0.310 e. The summed E-state index contributed by atoms with van der Waals surface area (Å²) in [7, 11) is 0. The average Bonchev–Trinajstić information content (AvgIpc) is 3.14. The number of unbranched alkanes of at least 4 members (excludes halogenated alkanes) is 8. The van der Waals surface area contributed by atoms with Crippen molar-refractivity contribution in [3.63, 3.8) is 0 Å². The Kier molecular flexibility index (Phi) is 13.5. The highest BCUT2D eigenvalue weighted by atomic mass is 16.7. The number of rotatable bonds is 15. The Bertz CT molecular complexity index is 1460. The number of hydrogen-bond donors (Lipinski definition) is 5. The molecule has 13 atom stereocenters. The van der Waals surface area contributed by atoms with Crippen LogP contribution in [0.3, 0.4) is 0 Å². The van der Waals surface area contributed by atoms with Gasteiger partial charge in [-0.2, -0.15) is 0 Å². The Morgan fingerprint density at radius 2 is 1.47 bits per heavy atom. The molecule has 9 heteroatoms. The molecule has 5 aliphatic carbocycles. The summed E-state index contributed by atoms with van der Waals surface area (Å²) >= 11 is 0. The van der Waals surface area contributed by atoms with Crippen LogP contribution in [-0.4, -0.2) is 75.7 Å². The summed E-state index contributed by atoms with van der Waals surface area (Å²) in [6, 6.07) is -0.955. The lowest BCUT2D eigenvalue weighted by molar-refractivity contribution is -0.306. The number of carbonyl (C=O) groups excluding carboxylic acids is 1. The molecule has 5 N–H and O–H groups in total. The van der Waals surface area contributed by atoms with Gasteiger partial charge in [0.15, 0.2) is 6.29 Å². The molecule has 6 aliphatic rings. The van der Waals surface area contributed by atoms with Crippen molar-refractivity contribution in [2.45, 2.75) is 221 Å². The van der Waals surface area contributed by atoms with Crippen molar-refractivity contribution in [3.05, 3.63) is 11.6 Å². The third-order valence-corrected chi connectivity index (χ3v) is 18.0. The normalized spacial score (nSPS) is 43.4. The van der Waals surface area contributed by atoms with Gasteiger partial charge in [-0.1, -0.05) is 118 Å². The highest BCUT2D eigenvalue weighted by Gasteiger charge is 2.69. The number of carboxylic acid groups (broad SMARTS) is 1. The van der Waals surface area contributed by atoms with Gasteiger partial charge in [0.25, 0.3) is 0 Å². The maximum atomic E-state index is 13.3. The molecule has 326 valence electrons. The third kappa shape index (κ3) is 8.06. The second-order valence-corrected chi connectivity index (χ2v) is 22.0. The van der Waals surface area contributed by atoms with E-state index in [1.165, 1.54) is 44.1 Å². The zero-order valence-corrected chi connectivity index (χ0v) is 37.0. The van der Waals surface area contributed by atoms with Crippen molar-refractivity contribution in [2.24, 2.45) is 50.2 Å². The van der Waals surface area contributed by atoms with Gasteiger partial charge >= 0.3 is 5.97 Å². The van der Waals surface area contributed by atoms with Crippen molar-refractivity contribution in [3.8, 4) is 0 Å². The first kappa shape index (κ1) is 45.0. The largest absolute Gasteiger partial charge is 0.481 e. The maximum absolute atomic E-state index is 13.3. The number of ether oxygens (including phenoxy) is 2. The van der Waals surface area contributed by atoms with E-state index in [2.05, 4.69) is 66.8 Å². The van der Waals surface area contributed by atoms with E-state index >= 15 is 0 Å². The summed E-state index contributed by atoms with van der Waals surface area (Å²) in [4.78, 5) is 26.4. The monoisotopic (exact) mass is 800 g/mol. The lowest BCUT2D eigenvalue weighted by Crippen LogP contribution is -2.67. The van der Waals surface area contributed by atoms with Crippen LogP contribution in [0, 0.1) is 50.2 Å². The van der Waals surface area contributed by atoms with Crippen LogP contribution in [0.15, 0.2) is 11.6 Å². The molecular weight excluding hydrogens is 719 g/mol. The number of aliphatic hydroxyl groups excluding tert-OH is 3. The molecule has 0 bridgehead atoms. The Labute approximate surface area is 344 Å². The van der Waals surface area contributed by atoms with E-state index in [0.29, 0.717) is 18.3 Å². The number of aliphatic hydroxyl groups is 3. The van der Waals surface area contributed by atoms with Crippen LogP contribution >= 0.6 is 0 Å². The van der Waals surface area contributed by atoms with E-state index in [1.807, 2.05) is 0 Å². The first-order chi connectivity index (χ1) is 26.8. The molecule has 1 heterocycles. The van der Waals surface area contributed by atoms with E-state index in [0.717, 1.165) is 83.5 Å². The molecule has 9 nitrogen and oxygen atoms in total. The van der Waals surface area contributed by atoms with Crippen LogP contribution in [-0.2, 0) is 19.1 Å². The van der Waals surface area contributed by atoms with Crippen molar-refractivity contribution >= 4 is 11.9 Å². The Hall–Kier alpha value is -1.52. The number of amides is 1. The van der Waals surface area contributed by atoms with Crippen LogP contribution in [0.1, 0.15) is 184 Å². The highest BCUT2D eigenvalue weighted by Crippen LogP contribution is 2.76. The summed E-state index contributed by atoms with van der Waals surface area (Å²) in [5.41, 5.74) is 0.701. The van der Waals surface area contributed by atoms with Gasteiger partial charge < -0.3 is 35.2 Å². The second-order valence-electron chi connectivity index (χ2n) is 22.0. The minimum atomic E-state index is -1.35. The summed E-state index contributed by atoms with van der Waals surface area (Å²) < 4.78 is 13.1. The molecule has 5 fully saturated rings. The third-order valence-electron chi connectivity index (χ3n) is 18.0. The summed E-state index contributed by atoms with van der Waals surface area (Å²) in [6.07, 6.45) is 17.6. The summed E-state index contributed by atoms with van der Waals surface area (Å²) in [5.74, 6) is 0.106. The lowest BCUT2D eigenvalue weighted by Gasteiger charge is -2.71. The zero-order chi connectivity index (χ0) is 41.6. The van der Waals surface area contributed by atoms with E-state index in [4.69, 9.17) is 9.47 Å². The number of carbonyl (C=O) groups is 2.